The summed E-state index contributed by atoms with van der Waals surface area (Å²) in [5.74, 6) is 0.507. The summed E-state index contributed by atoms with van der Waals surface area (Å²) in [4.78, 5) is 25.4. The van der Waals surface area contributed by atoms with Crippen LogP contribution < -0.4 is 15.4 Å². The summed E-state index contributed by atoms with van der Waals surface area (Å²) in [5.41, 5.74) is 1.73. The highest BCUT2D eigenvalue weighted by Crippen LogP contribution is 2.26. The molecule has 0 saturated heterocycles. The number of aromatic nitrogens is 3. The van der Waals surface area contributed by atoms with Crippen molar-refractivity contribution >= 4 is 29.3 Å². The number of nitrogens with one attached hydrogen (secondary N) is 2. The summed E-state index contributed by atoms with van der Waals surface area (Å²) < 4.78 is 20.6. The normalized spacial score (nSPS) is 11.9. The molecule has 8 nitrogen and oxygen atoms in total. The van der Waals surface area contributed by atoms with E-state index < -0.39 is 5.82 Å². The van der Waals surface area contributed by atoms with E-state index in [0.717, 1.165) is 5.56 Å². The molecule has 1 heterocycles. The lowest BCUT2D eigenvalue weighted by Crippen LogP contribution is -2.33. The average Bonchev–Trinajstić information content (AvgIpc) is 3.25. The third-order valence-electron chi connectivity index (χ3n) is 5.45. The Bertz CT molecular complexity index is 1180. The maximum Gasteiger partial charge on any atom is 0.251 e. The molecule has 35 heavy (non-hydrogen) atoms. The van der Waals surface area contributed by atoms with E-state index in [0.29, 0.717) is 34.5 Å². The molecule has 3 aromatic rings. The molecule has 0 bridgehead atoms. The van der Waals surface area contributed by atoms with E-state index in [1.54, 1.807) is 44.4 Å². The number of benzene rings is 2. The quantitative estimate of drug-likeness (QED) is 0.395. The number of anilines is 1. The molecule has 2 amide bonds. The predicted molar refractivity (Wildman–Crippen MR) is 134 cm³/mol. The standard InChI is InChI=1S/C25H30FN5O3S/c1-6-31-23(22(15(2)3)28-24(33)17-8-11-19(34-5)12-9-17)29-30-25(31)35-14-21(32)27-20-13-18(26)10-7-16(20)4/h7-13,15,22H,6,14H2,1-5H3,(H,27,32)(H,28,33)/t22-/m1/s1. The second kappa shape index (κ2) is 11.8. The van der Waals surface area contributed by atoms with Crippen LogP contribution in [0.2, 0.25) is 0 Å². The molecule has 0 radical (unpaired) electrons. The van der Waals surface area contributed by atoms with Crippen LogP contribution in [0.5, 0.6) is 5.75 Å². The zero-order chi connectivity index (χ0) is 25.5. The lowest BCUT2D eigenvalue weighted by molar-refractivity contribution is -0.113. The van der Waals surface area contributed by atoms with Gasteiger partial charge in [0.25, 0.3) is 5.91 Å². The molecule has 10 heteroatoms. The first-order chi connectivity index (χ1) is 16.7. The van der Waals surface area contributed by atoms with Gasteiger partial charge in [0, 0.05) is 17.8 Å². The van der Waals surface area contributed by atoms with Crippen molar-refractivity contribution in [3.63, 3.8) is 0 Å². The van der Waals surface area contributed by atoms with Gasteiger partial charge in [-0.3, -0.25) is 9.59 Å². The number of aryl methyl sites for hydroxylation is 1. The number of ether oxygens (including phenoxy) is 1. The molecule has 2 N–H and O–H groups in total. The van der Waals surface area contributed by atoms with Crippen LogP contribution in [0.4, 0.5) is 10.1 Å². The number of nitrogens with zero attached hydrogens (tertiary/aromatic N) is 3. The van der Waals surface area contributed by atoms with Crippen molar-refractivity contribution in [3.05, 3.63) is 65.2 Å². The molecule has 2 aromatic carbocycles. The first-order valence-electron chi connectivity index (χ1n) is 11.3. The number of amides is 2. The van der Waals surface area contributed by atoms with Gasteiger partial charge in [-0.25, -0.2) is 4.39 Å². The molecule has 0 spiro atoms. The van der Waals surface area contributed by atoms with Crippen LogP contribution in [0.1, 0.15) is 48.6 Å². The van der Waals surface area contributed by atoms with Crippen molar-refractivity contribution in [2.24, 2.45) is 5.92 Å². The van der Waals surface area contributed by atoms with Gasteiger partial charge in [-0.1, -0.05) is 31.7 Å². The monoisotopic (exact) mass is 499 g/mol. The van der Waals surface area contributed by atoms with Gasteiger partial charge >= 0.3 is 0 Å². The van der Waals surface area contributed by atoms with E-state index in [1.807, 2.05) is 25.3 Å². The smallest absolute Gasteiger partial charge is 0.251 e. The molecule has 3 rings (SSSR count). The zero-order valence-electron chi connectivity index (χ0n) is 20.5. The Morgan fingerprint density at radius 1 is 1.14 bits per heavy atom. The van der Waals surface area contributed by atoms with E-state index in [2.05, 4.69) is 20.8 Å². The molecule has 0 saturated carbocycles. The van der Waals surface area contributed by atoms with Gasteiger partial charge in [0.05, 0.1) is 18.9 Å². The number of thioether (sulfide) groups is 1. The second-order valence-corrected chi connectivity index (χ2v) is 9.25. The maximum atomic E-state index is 13.5. The van der Waals surface area contributed by atoms with Crippen molar-refractivity contribution in [3.8, 4) is 5.75 Å². The van der Waals surface area contributed by atoms with Gasteiger partial charge in [-0.05, 0) is 61.7 Å². The fourth-order valence-electron chi connectivity index (χ4n) is 3.48. The lowest BCUT2D eigenvalue weighted by Gasteiger charge is -2.22. The highest BCUT2D eigenvalue weighted by atomic mass is 32.2. The Labute approximate surface area is 208 Å². The number of hydrogen-bond donors (Lipinski definition) is 2. The lowest BCUT2D eigenvalue weighted by atomic mass is 10.0. The summed E-state index contributed by atoms with van der Waals surface area (Å²) in [5, 5.41) is 15.0. The van der Waals surface area contributed by atoms with Crippen LogP contribution in [-0.4, -0.2) is 39.4 Å². The summed E-state index contributed by atoms with van der Waals surface area (Å²) >= 11 is 1.24. The average molecular weight is 500 g/mol. The van der Waals surface area contributed by atoms with E-state index in [4.69, 9.17) is 4.74 Å². The molecule has 1 atom stereocenters. The van der Waals surface area contributed by atoms with Crippen LogP contribution >= 0.6 is 11.8 Å². The summed E-state index contributed by atoms with van der Waals surface area (Å²) in [7, 11) is 1.57. The van der Waals surface area contributed by atoms with Crippen molar-refractivity contribution in [1.29, 1.82) is 0 Å². The Balaban J connectivity index is 1.71. The summed E-state index contributed by atoms with van der Waals surface area (Å²) in [6.07, 6.45) is 0. The molecular formula is C25H30FN5O3S. The molecule has 0 aliphatic rings. The van der Waals surface area contributed by atoms with E-state index in [9.17, 15) is 14.0 Å². The number of hydrogen-bond acceptors (Lipinski definition) is 6. The minimum absolute atomic E-state index is 0.0452. The molecule has 0 aliphatic heterocycles. The van der Waals surface area contributed by atoms with Crippen molar-refractivity contribution in [2.75, 3.05) is 18.2 Å². The van der Waals surface area contributed by atoms with Crippen LogP contribution in [-0.2, 0) is 11.3 Å². The Hall–Kier alpha value is -3.40. The van der Waals surface area contributed by atoms with Crippen LogP contribution in [0.15, 0.2) is 47.6 Å². The first-order valence-corrected chi connectivity index (χ1v) is 12.3. The minimum Gasteiger partial charge on any atom is -0.497 e. The molecule has 186 valence electrons. The fraction of sp³-hybridized carbons (Fsp3) is 0.360. The third-order valence-corrected chi connectivity index (χ3v) is 6.42. The molecular weight excluding hydrogens is 469 g/mol. The number of halogens is 1. The Kier molecular flexibility index (Phi) is 8.86. The zero-order valence-corrected chi connectivity index (χ0v) is 21.3. The van der Waals surface area contributed by atoms with Gasteiger partial charge in [-0.15, -0.1) is 10.2 Å². The summed E-state index contributed by atoms with van der Waals surface area (Å²) in [6.45, 7) is 8.31. The topological polar surface area (TPSA) is 98.1 Å². The maximum absolute atomic E-state index is 13.5. The van der Waals surface area contributed by atoms with Gasteiger partial charge in [0.2, 0.25) is 5.91 Å². The van der Waals surface area contributed by atoms with Crippen molar-refractivity contribution < 1.29 is 18.7 Å². The van der Waals surface area contributed by atoms with Gasteiger partial charge < -0.3 is 19.9 Å². The third kappa shape index (κ3) is 6.60. The van der Waals surface area contributed by atoms with Crippen LogP contribution in [0.3, 0.4) is 0 Å². The van der Waals surface area contributed by atoms with Crippen molar-refractivity contribution in [2.45, 2.75) is 45.4 Å². The number of carbonyl (C=O) groups excluding carboxylic acids is 2. The molecule has 0 unspecified atom stereocenters. The van der Waals surface area contributed by atoms with Crippen molar-refractivity contribution in [1.82, 2.24) is 20.1 Å². The number of rotatable bonds is 10. The van der Waals surface area contributed by atoms with E-state index in [-0.39, 0.29) is 29.5 Å². The minimum atomic E-state index is -0.412. The van der Waals surface area contributed by atoms with Crippen LogP contribution in [0.25, 0.3) is 0 Å². The highest BCUT2D eigenvalue weighted by Gasteiger charge is 2.26. The highest BCUT2D eigenvalue weighted by molar-refractivity contribution is 7.99. The Morgan fingerprint density at radius 2 is 1.86 bits per heavy atom. The molecule has 1 aromatic heterocycles. The summed E-state index contributed by atoms with van der Waals surface area (Å²) in [6, 6.07) is 10.8. The fourth-order valence-corrected chi connectivity index (χ4v) is 4.29. The Morgan fingerprint density at radius 3 is 2.49 bits per heavy atom. The largest absolute Gasteiger partial charge is 0.497 e. The number of methoxy groups -OCH3 is 1. The predicted octanol–water partition coefficient (Wildman–Crippen LogP) is 4.61. The van der Waals surface area contributed by atoms with Gasteiger partial charge in [0.1, 0.15) is 11.6 Å². The van der Waals surface area contributed by atoms with E-state index in [1.165, 1.54) is 23.9 Å². The van der Waals surface area contributed by atoms with Gasteiger partial charge in [0.15, 0.2) is 11.0 Å². The second-order valence-electron chi connectivity index (χ2n) is 8.30. The van der Waals surface area contributed by atoms with Gasteiger partial charge in [-0.2, -0.15) is 0 Å². The first kappa shape index (κ1) is 26.2. The molecule has 0 fully saturated rings. The SMILES string of the molecule is CCn1c(SCC(=O)Nc2cc(F)ccc2C)nnc1[C@H](NC(=O)c1ccc(OC)cc1)C(C)C. The van der Waals surface area contributed by atoms with Crippen LogP contribution in [0, 0.1) is 18.7 Å². The molecule has 0 aliphatic carbocycles. The number of carbonyl (C=O) groups is 2. The van der Waals surface area contributed by atoms with E-state index >= 15 is 0 Å².